The smallest absolute Gasteiger partial charge is 0.308 e. The van der Waals surface area contributed by atoms with Gasteiger partial charge in [0.15, 0.2) is 0 Å². The molecule has 1 aromatic rings. The van der Waals surface area contributed by atoms with Crippen molar-refractivity contribution in [1.29, 1.82) is 0 Å². The van der Waals surface area contributed by atoms with Crippen molar-refractivity contribution in [2.24, 2.45) is 5.92 Å². The number of pyridine rings is 1. The van der Waals surface area contributed by atoms with E-state index >= 15 is 0 Å². The summed E-state index contributed by atoms with van der Waals surface area (Å²) in [4.78, 5) is 17.1. The van der Waals surface area contributed by atoms with E-state index in [1.807, 2.05) is 4.90 Å². The van der Waals surface area contributed by atoms with Gasteiger partial charge >= 0.3 is 5.97 Å². The zero-order valence-corrected chi connectivity index (χ0v) is 9.52. The third kappa shape index (κ3) is 2.27. The highest BCUT2D eigenvalue weighted by atomic mass is 35.5. The molecule has 0 aromatic carbocycles. The number of carbonyl (C=O) groups is 1. The minimum Gasteiger partial charge on any atom is -0.481 e. The van der Waals surface area contributed by atoms with E-state index in [1.54, 1.807) is 18.3 Å². The lowest BCUT2D eigenvalue weighted by Gasteiger charge is -2.31. The van der Waals surface area contributed by atoms with Crippen LogP contribution in [-0.2, 0) is 4.79 Å². The van der Waals surface area contributed by atoms with Crippen LogP contribution in [0.2, 0.25) is 5.02 Å². The molecule has 0 amide bonds. The molecule has 86 valence electrons. The van der Waals surface area contributed by atoms with Crippen molar-refractivity contribution in [3.05, 3.63) is 23.4 Å². The highest BCUT2D eigenvalue weighted by molar-refractivity contribution is 6.32. The Bertz CT molecular complexity index is 397. The molecule has 0 spiro atoms. The number of carboxylic acid groups (broad SMARTS) is 1. The summed E-state index contributed by atoms with van der Waals surface area (Å²) >= 11 is 6.03. The van der Waals surface area contributed by atoms with Crippen LogP contribution in [0.25, 0.3) is 0 Å². The van der Waals surface area contributed by atoms with Crippen molar-refractivity contribution in [3.63, 3.8) is 0 Å². The fourth-order valence-corrected chi connectivity index (χ4v) is 2.22. The first kappa shape index (κ1) is 11.2. The number of anilines is 1. The number of piperidine rings is 1. The zero-order valence-electron chi connectivity index (χ0n) is 8.77. The fourth-order valence-electron chi connectivity index (χ4n) is 1.98. The molecule has 0 saturated carbocycles. The topological polar surface area (TPSA) is 53.4 Å². The molecule has 1 saturated heterocycles. The molecule has 1 aliphatic rings. The molecule has 1 aromatic heterocycles. The van der Waals surface area contributed by atoms with E-state index in [9.17, 15) is 4.79 Å². The van der Waals surface area contributed by atoms with Crippen LogP contribution in [-0.4, -0.2) is 29.1 Å². The number of hydrogen-bond donors (Lipinski definition) is 1. The normalized spacial score (nSPS) is 20.8. The first-order chi connectivity index (χ1) is 7.68. The molecule has 2 rings (SSSR count). The van der Waals surface area contributed by atoms with Gasteiger partial charge in [0.1, 0.15) is 5.82 Å². The zero-order chi connectivity index (χ0) is 11.5. The van der Waals surface area contributed by atoms with Crippen LogP contribution in [0.4, 0.5) is 5.82 Å². The lowest BCUT2D eigenvalue weighted by Crippen LogP contribution is -2.39. The van der Waals surface area contributed by atoms with Crippen molar-refractivity contribution < 1.29 is 9.90 Å². The van der Waals surface area contributed by atoms with Gasteiger partial charge in [-0.15, -0.1) is 0 Å². The summed E-state index contributed by atoms with van der Waals surface area (Å²) < 4.78 is 0. The molecule has 4 nitrogen and oxygen atoms in total. The Kier molecular flexibility index (Phi) is 3.29. The summed E-state index contributed by atoms with van der Waals surface area (Å²) in [6.45, 7) is 1.31. The van der Waals surface area contributed by atoms with Crippen LogP contribution < -0.4 is 4.90 Å². The third-order valence-corrected chi connectivity index (χ3v) is 3.10. The number of halogens is 1. The van der Waals surface area contributed by atoms with Crippen molar-refractivity contribution in [2.45, 2.75) is 12.8 Å². The van der Waals surface area contributed by atoms with Crippen molar-refractivity contribution in [1.82, 2.24) is 4.98 Å². The Morgan fingerprint density at radius 1 is 1.62 bits per heavy atom. The van der Waals surface area contributed by atoms with E-state index in [0.29, 0.717) is 17.4 Å². The summed E-state index contributed by atoms with van der Waals surface area (Å²) in [7, 11) is 0. The molecule has 2 heterocycles. The summed E-state index contributed by atoms with van der Waals surface area (Å²) in [5, 5.41) is 9.57. The molecule has 1 atom stereocenters. The first-order valence-corrected chi connectivity index (χ1v) is 5.64. The third-order valence-electron chi connectivity index (χ3n) is 2.81. The molecule has 0 bridgehead atoms. The van der Waals surface area contributed by atoms with Crippen LogP contribution in [0.15, 0.2) is 18.3 Å². The largest absolute Gasteiger partial charge is 0.481 e. The monoisotopic (exact) mass is 240 g/mol. The van der Waals surface area contributed by atoms with Crippen LogP contribution in [0, 0.1) is 5.92 Å². The maximum Gasteiger partial charge on any atom is 0.308 e. The Morgan fingerprint density at radius 3 is 3.12 bits per heavy atom. The lowest BCUT2D eigenvalue weighted by atomic mass is 9.98. The first-order valence-electron chi connectivity index (χ1n) is 5.27. The van der Waals surface area contributed by atoms with Gasteiger partial charge in [-0.1, -0.05) is 11.6 Å². The van der Waals surface area contributed by atoms with Crippen LogP contribution >= 0.6 is 11.6 Å². The number of nitrogens with zero attached hydrogens (tertiary/aromatic N) is 2. The molecule has 1 N–H and O–H groups in total. The second-order valence-electron chi connectivity index (χ2n) is 3.93. The molecule has 1 aliphatic heterocycles. The molecule has 1 fully saturated rings. The van der Waals surface area contributed by atoms with E-state index in [1.165, 1.54) is 0 Å². The standard InChI is InChI=1S/C11H13ClN2O2/c12-9-4-1-5-13-10(9)14-6-2-3-8(7-14)11(15)16/h1,4-5,8H,2-3,6-7H2,(H,15,16)/t8-/m0/s1. The number of aliphatic carboxylic acids is 1. The minimum atomic E-state index is -0.739. The SMILES string of the molecule is O=C(O)[C@H]1CCCN(c2ncccc2Cl)C1. The second-order valence-corrected chi connectivity index (χ2v) is 4.34. The van der Waals surface area contributed by atoms with E-state index in [0.717, 1.165) is 19.4 Å². The Hall–Kier alpha value is -1.29. The highest BCUT2D eigenvalue weighted by Crippen LogP contribution is 2.27. The highest BCUT2D eigenvalue weighted by Gasteiger charge is 2.26. The van der Waals surface area contributed by atoms with E-state index in [2.05, 4.69) is 4.98 Å². The van der Waals surface area contributed by atoms with Crippen LogP contribution in [0.1, 0.15) is 12.8 Å². The van der Waals surface area contributed by atoms with Gasteiger partial charge in [0, 0.05) is 19.3 Å². The molecular formula is C11H13ClN2O2. The quantitative estimate of drug-likeness (QED) is 0.860. The Balaban J connectivity index is 2.16. The predicted octanol–water partition coefficient (Wildman–Crippen LogP) is 2.04. The summed E-state index contributed by atoms with van der Waals surface area (Å²) in [6.07, 6.45) is 3.27. The maximum absolute atomic E-state index is 10.9. The lowest BCUT2D eigenvalue weighted by molar-refractivity contribution is -0.141. The average Bonchev–Trinajstić information content (AvgIpc) is 2.30. The van der Waals surface area contributed by atoms with Crippen LogP contribution in [0.3, 0.4) is 0 Å². The molecule has 0 unspecified atom stereocenters. The summed E-state index contributed by atoms with van der Waals surface area (Å²) in [5.41, 5.74) is 0. The van der Waals surface area contributed by atoms with Gasteiger partial charge in [0.2, 0.25) is 0 Å². The van der Waals surface area contributed by atoms with Gasteiger partial charge in [-0.25, -0.2) is 4.98 Å². The fraction of sp³-hybridized carbons (Fsp3) is 0.455. The Morgan fingerprint density at radius 2 is 2.44 bits per heavy atom. The number of hydrogen-bond acceptors (Lipinski definition) is 3. The number of aromatic nitrogens is 1. The van der Waals surface area contributed by atoms with Gasteiger partial charge in [-0.3, -0.25) is 4.79 Å². The molecule has 0 radical (unpaired) electrons. The Labute approximate surface area is 98.9 Å². The summed E-state index contributed by atoms with van der Waals surface area (Å²) in [5.74, 6) is -0.362. The van der Waals surface area contributed by atoms with Gasteiger partial charge in [0.25, 0.3) is 0 Å². The van der Waals surface area contributed by atoms with Crippen molar-refractivity contribution in [2.75, 3.05) is 18.0 Å². The van der Waals surface area contributed by atoms with Gasteiger partial charge in [0.05, 0.1) is 10.9 Å². The van der Waals surface area contributed by atoms with Crippen molar-refractivity contribution in [3.8, 4) is 0 Å². The molecule has 0 aliphatic carbocycles. The predicted molar refractivity (Wildman–Crippen MR) is 61.8 cm³/mol. The van der Waals surface area contributed by atoms with E-state index < -0.39 is 5.97 Å². The molecular weight excluding hydrogens is 228 g/mol. The molecule has 5 heteroatoms. The van der Waals surface area contributed by atoms with Gasteiger partial charge in [-0.2, -0.15) is 0 Å². The molecule has 16 heavy (non-hydrogen) atoms. The van der Waals surface area contributed by atoms with E-state index in [4.69, 9.17) is 16.7 Å². The summed E-state index contributed by atoms with van der Waals surface area (Å²) in [6, 6.07) is 3.54. The minimum absolute atomic E-state index is 0.313. The number of rotatable bonds is 2. The second kappa shape index (κ2) is 4.70. The van der Waals surface area contributed by atoms with Gasteiger partial charge < -0.3 is 10.0 Å². The maximum atomic E-state index is 10.9. The van der Waals surface area contributed by atoms with Gasteiger partial charge in [-0.05, 0) is 25.0 Å². The van der Waals surface area contributed by atoms with Crippen LogP contribution in [0.5, 0.6) is 0 Å². The van der Waals surface area contributed by atoms with E-state index in [-0.39, 0.29) is 5.92 Å². The average molecular weight is 241 g/mol. The number of carboxylic acids is 1. The van der Waals surface area contributed by atoms with Crippen molar-refractivity contribution >= 4 is 23.4 Å².